The van der Waals surface area contributed by atoms with E-state index in [0.717, 1.165) is 30.3 Å². The number of aliphatic hydroxyl groups excluding tert-OH is 1. The van der Waals surface area contributed by atoms with Crippen LogP contribution in [0.25, 0.3) is 11.3 Å². The highest BCUT2D eigenvalue weighted by molar-refractivity contribution is 6.03. The minimum absolute atomic E-state index is 0.112. The monoisotopic (exact) mass is 529 g/mol. The van der Waals surface area contributed by atoms with Crippen molar-refractivity contribution in [3.8, 4) is 11.3 Å². The van der Waals surface area contributed by atoms with Gasteiger partial charge in [0.05, 0.1) is 23.6 Å². The molecule has 1 amide bonds. The Morgan fingerprint density at radius 2 is 1.82 bits per heavy atom. The molecule has 38 heavy (non-hydrogen) atoms. The van der Waals surface area contributed by atoms with Crippen LogP contribution in [0.4, 0.5) is 18.9 Å². The van der Waals surface area contributed by atoms with E-state index in [9.17, 15) is 33.0 Å². The Hall–Kier alpha value is -3.83. The number of pyridine rings is 2. The summed E-state index contributed by atoms with van der Waals surface area (Å²) >= 11 is 0. The van der Waals surface area contributed by atoms with Gasteiger partial charge in [0.15, 0.2) is 0 Å². The number of hydrogen-bond acceptors (Lipinski definition) is 7. The van der Waals surface area contributed by atoms with Crippen molar-refractivity contribution in [1.82, 2.24) is 9.97 Å². The molecule has 3 aromatic rings. The average Bonchev–Trinajstić information content (AvgIpc) is 2.87. The van der Waals surface area contributed by atoms with Crippen molar-refractivity contribution in [2.45, 2.75) is 44.3 Å². The van der Waals surface area contributed by atoms with E-state index in [1.807, 2.05) is 0 Å². The SMILES string of the molecule is CC(=O)OC[C@]1(O)[C@H](C)C[C@H](c2ccncc2NC(=O)c2ccc(F)c(-c3c(F)cccc3F)n2)C[C@@H]1O. The molecule has 200 valence electrons. The fraction of sp³-hybridized carbons (Fsp3) is 0.333. The van der Waals surface area contributed by atoms with Crippen LogP contribution in [0.2, 0.25) is 0 Å². The Bertz CT molecular complexity index is 1340. The van der Waals surface area contributed by atoms with Crippen molar-refractivity contribution < 1.29 is 37.7 Å². The Labute approximate surface area is 216 Å². The lowest BCUT2D eigenvalue weighted by Gasteiger charge is -2.44. The van der Waals surface area contributed by atoms with Crippen LogP contribution in [0.1, 0.15) is 48.7 Å². The molecule has 8 nitrogen and oxygen atoms in total. The van der Waals surface area contributed by atoms with Crippen molar-refractivity contribution in [3.63, 3.8) is 0 Å². The fourth-order valence-corrected chi connectivity index (χ4v) is 4.76. The summed E-state index contributed by atoms with van der Waals surface area (Å²) in [7, 11) is 0. The number of hydrogen-bond donors (Lipinski definition) is 3. The van der Waals surface area contributed by atoms with Crippen LogP contribution in [0.15, 0.2) is 48.8 Å². The highest BCUT2D eigenvalue weighted by Gasteiger charge is 2.48. The van der Waals surface area contributed by atoms with Crippen molar-refractivity contribution in [1.29, 1.82) is 0 Å². The summed E-state index contributed by atoms with van der Waals surface area (Å²) in [5.41, 5.74) is -2.33. The van der Waals surface area contributed by atoms with Gasteiger partial charge in [0.2, 0.25) is 0 Å². The van der Waals surface area contributed by atoms with Gasteiger partial charge in [-0.2, -0.15) is 0 Å². The maximum absolute atomic E-state index is 14.4. The molecule has 4 atom stereocenters. The Balaban J connectivity index is 1.58. The first-order valence-electron chi connectivity index (χ1n) is 11.9. The molecule has 4 rings (SSSR count). The van der Waals surface area contributed by atoms with Gasteiger partial charge in [-0.1, -0.05) is 13.0 Å². The third kappa shape index (κ3) is 5.39. The molecular weight excluding hydrogens is 503 g/mol. The van der Waals surface area contributed by atoms with Gasteiger partial charge in [0, 0.05) is 13.1 Å². The minimum Gasteiger partial charge on any atom is -0.463 e. The molecule has 1 aromatic carbocycles. The quantitative estimate of drug-likeness (QED) is 0.413. The van der Waals surface area contributed by atoms with Crippen LogP contribution in [0.5, 0.6) is 0 Å². The molecule has 0 radical (unpaired) electrons. The van der Waals surface area contributed by atoms with E-state index in [2.05, 4.69) is 15.3 Å². The van der Waals surface area contributed by atoms with Gasteiger partial charge in [-0.05, 0) is 60.6 Å². The van der Waals surface area contributed by atoms with Crippen LogP contribution in [0, 0.1) is 23.4 Å². The molecule has 11 heteroatoms. The highest BCUT2D eigenvalue weighted by atomic mass is 19.1. The van der Waals surface area contributed by atoms with Crippen LogP contribution < -0.4 is 5.32 Å². The summed E-state index contributed by atoms with van der Waals surface area (Å²) < 4.78 is 47.9. The van der Waals surface area contributed by atoms with Gasteiger partial charge < -0.3 is 20.3 Å². The number of carbonyl (C=O) groups excluding carboxylic acids is 2. The third-order valence-electron chi connectivity index (χ3n) is 6.90. The molecule has 0 bridgehead atoms. The molecule has 0 unspecified atom stereocenters. The Morgan fingerprint density at radius 3 is 2.47 bits per heavy atom. The van der Waals surface area contributed by atoms with Gasteiger partial charge in [0.25, 0.3) is 5.91 Å². The first kappa shape index (κ1) is 27.2. The molecular formula is C27H26F3N3O5. The third-order valence-corrected chi connectivity index (χ3v) is 6.90. The summed E-state index contributed by atoms with van der Waals surface area (Å²) in [5, 5.41) is 24.4. The number of rotatable bonds is 6. The molecule has 0 spiro atoms. The maximum atomic E-state index is 14.4. The van der Waals surface area contributed by atoms with Gasteiger partial charge in [-0.3, -0.25) is 14.6 Å². The molecule has 2 aromatic heterocycles. The number of aliphatic hydroxyl groups is 2. The number of nitrogens with one attached hydrogen (secondary N) is 1. The van der Waals surface area contributed by atoms with E-state index in [4.69, 9.17) is 4.74 Å². The molecule has 1 fully saturated rings. The predicted molar refractivity (Wildman–Crippen MR) is 130 cm³/mol. The van der Waals surface area contributed by atoms with Crippen molar-refractivity contribution in [2.24, 2.45) is 5.92 Å². The highest BCUT2D eigenvalue weighted by Crippen LogP contribution is 2.44. The first-order chi connectivity index (χ1) is 18.0. The number of esters is 1. The summed E-state index contributed by atoms with van der Waals surface area (Å²) in [4.78, 5) is 32.2. The zero-order valence-electron chi connectivity index (χ0n) is 20.6. The smallest absolute Gasteiger partial charge is 0.302 e. The van der Waals surface area contributed by atoms with E-state index < -0.39 is 58.2 Å². The van der Waals surface area contributed by atoms with Gasteiger partial charge in [-0.15, -0.1) is 0 Å². The van der Waals surface area contributed by atoms with Crippen LogP contribution in [-0.2, 0) is 9.53 Å². The van der Waals surface area contributed by atoms with Crippen LogP contribution in [-0.4, -0.2) is 50.4 Å². The molecule has 0 aliphatic heterocycles. The lowest BCUT2D eigenvalue weighted by Crippen LogP contribution is -2.55. The normalized spacial score (nSPS) is 23.1. The molecule has 2 heterocycles. The van der Waals surface area contributed by atoms with Crippen molar-refractivity contribution >= 4 is 17.6 Å². The molecule has 1 aliphatic rings. The van der Waals surface area contributed by atoms with Crippen molar-refractivity contribution in [3.05, 3.63) is 77.5 Å². The predicted octanol–water partition coefficient (Wildman–Crippen LogP) is 3.98. The lowest BCUT2D eigenvalue weighted by molar-refractivity contribution is -0.180. The summed E-state index contributed by atoms with van der Waals surface area (Å²) in [6.07, 6.45) is 2.19. The number of amides is 1. The van der Waals surface area contributed by atoms with E-state index in [1.165, 1.54) is 19.3 Å². The van der Waals surface area contributed by atoms with Gasteiger partial charge >= 0.3 is 5.97 Å². The number of aromatic nitrogens is 2. The number of nitrogens with zero attached hydrogens (tertiary/aromatic N) is 2. The number of carbonyl (C=O) groups is 2. The number of anilines is 1. The molecule has 0 saturated heterocycles. The number of benzene rings is 1. The first-order valence-corrected chi connectivity index (χ1v) is 11.9. The number of halogens is 3. The standard InChI is InChI=1S/C27H26F3N3O5/c1-14-10-16(11-23(35)27(14,37)13-38-15(2)34)17-8-9-31-12-22(17)33-26(36)21-7-6-20(30)25(32-21)24-18(28)4-3-5-19(24)29/h3-9,12,14,16,23,35,37H,10-11,13H2,1-2H3,(H,33,36)/t14-,16+,23+,27+/m1/s1. The molecule has 1 saturated carbocycles. The summed E-state index contributed by atoms with van der Waals surface area (Å²) in [5.74, 6) is -5.17. The second-order valence-electron chi connectivity index (χ2n) is 9.40. The van der Waals surface area contributed by atoms with Gasteiger partial charge in [-0.25, -0.2) is 18.2 Å². The second-order valence-corrected chi connectivity index (χ2v) is 9.40. The van der Waals surface area contributed by atoms with E-state index in [1.54, 1.807) is 13.0 Å². The van der Waals surface area contributed by atoms with Crippen LogP contribution in [0.3, 0.4) is 0 Å². The maximum Gasteiger partial charge on any atom is 0.302 e. The summed E-state index contributed by atoms with van der Waals surface area (Å²) in [6, 6.07) is 6.70. The number of ether oxygens (including phenoxy) is 1. The van der Waals surface area contributed by atoms with E-state index in [0.29, 0.717) is 12.0 Å². The molecule has 3 N–H and O–H groups in total. The summed E-state index contributed by atoms with van der Waals surface area (Å²) in [6.45, 7) is 2.59. The lowest BCUT2D eigenvalue weighted by atomic mass is 9.68. The average molecular weight is 530 g/mol. The zero-order valence-corrected chi connectivity index (χ0v) is 20.6. The minimum atomic E-state index is -1.63. The largest absolute Gasteiger partial charge is 0.463 e. The van der Waals surface area contributed by atoms with E-state index >= 15 is 0 Å². The van der Waals surface area contributed by atoms with Gasteiger partial charge in [0.1, 0.15) is 41.0 Å². The Morgan fingerprint density at radius 1 is 1.11 bits per heavy atom. The van der Waals surface area contributed by atoms with Crippen molar-refractivity contribution in [2.75, 3.05) is 11.9 Å². The fourth-order valence-electron chi connectivity index (χ4n) is 4.76. The Kier molecular flexibility index (Phi) is 7.79. The zero-order chi connectivity index (χ0) is 27.6. The van der Waals surface area contributed by atoms with Crippen LogP contribution >= 0.6 is 0 Å². The molecule has 1 aliphatic carbocycles. The topological polar surface area (TPSA) is 122 Å². The van der Waals surface area contributed by atoms with E-state index in [-0.39, 0.29) is 30.3 Å². The second kappa shape index (κ2) is 10.9.